The number of anilines is 1. The highest BCUT2D eigenvalue weighted by Gasteiger charge is 2.21. The normalized spacial score (nSPS) is 13.8. The fourth-order valence-corrected chi connectivity index (χ4v) is 2.62. The Bertz CT molecular complexity index is 615. The van der Waals surface area contributed by atoms with Gasteiger partial charge in [0.1, 0.15) is 5.82 Å². The van der Waals surface area contributed by atoms with Crippen molar-refractivity contribution in [1.82, 2.24) is 4.98 Å². The number of methoxy groups -OCH3 is 1. The van der Waals surface area contributed by atoms with Crippen LogP contribution in [0.2, 0.25) is 0 Å². The van der Waals surface area contributed by atoms with E-state index in [1.54, 1.807) is 18.3 Å². The highest BCUT2D eigenvalue weighted by atomic mass is 16.5. The molecule has 0 saturated carbocycles. The van der Waals surface area contributed by atoms with E-state index in [1.807, 2.05) is 0 Å². The van der Waals surface area contributed by atoms with Crippen molar-refractivity contribution in [2.75, 3.05) is 12.4 Å². The summed E-state index contributed by atoms with van der Waals surface area (Å²) in [6.07, 6.45) is 3.59. The van der Waals surface area contributed by atoms with Gasteiger partial charge in [0.2, 0.25) is 0 Å². The lowest BCUT2D eigenvalue weighted by atomic mass is 10.1. The van der Waals surface area contributed by atoms with E-state index < -0.39 is 0 Å². The van der Waals surface area contributed by atoms with Gasteiger partial charge in [-0.3, -0.25) is 0 Å². The first-order valence-electron chi connectivity index (χ1n) is 6.64. The van der Waals surface area contributed by atoms with Crippen LogP contribution in [0.3, 0.4) is 0 Å². The quantitative estimate of drug-likeness (QED) is 0.869. The van der Waals surface area contributed by atoms with Crippen LogP contribution < -0.4 is 5.32 Å². The summed E-state index contributed by atoms with van der Waals surface area (Å²) in [5.41, 5.74) is 3.28. The number of aromatic nitrogens is 1. The molecule has 2 aromatic rings. The van der Waals surface area contributed by atoms with Crippen LogP contribution in [0.15, 0.2) is 42.6 Å². The van der Waals surface area contributed by atoms with E-state index in [-0.39, 0.29) is 5.97 Å². The van der Waals surface area contributed by atoms with Gasteiger partial charge in [-0.1, -0.05) is 24.3 Å². The largest absolute Gasteiger partial charge is 0.465 e. The molecule has 0 fully saturated rings. The van der Waals surface area contributed by atoms with Crippen molar-refractivity contribution in [3.63, 3.8) is 0 Å². The second kappa shape index (κ2) is 5.33. The van der Waals surface area contributed by atoms with Gasteiger partial charge in [0.05, 0.1) is 12.7 Å². The van der Waals surface area contributed by atoms with Gasteiger partial charge >= 0.3 is 5.97 Å². The van der Waals surface area contributed by atoms with Crippen LogP contribution in [0.4, 0.5) is 5.82 Å². The second-order valence-corrected chi connectivity index (χ2v) is 4.94. The Kier molecular flexibility index (Phi) is 3.37. The minimum Gasteiger partial charge on any atom is -0.465 e. The SMILES string of the molecule is COC(=O)c1ccnc(NC2Cc3ccccc3C2)c1. The molecule has 20 heavy (non-hydrogen) atoms. The zero-order valence-corrected chi connectivity index (χ0v) is 11.3. The molecule has 0 radical (unpaired) electrons. The fraction of sp³-hybridized carbons (Fsp3) is 0.250. The standard InChI is InChI=1S/C16H16N2O2/c1-20-16(19)13-6-7-17-15(10-13)18-14-8-11-4-2-3-5-12(11)9-14/h2-7,10,14H,8-9H2,1H3,(H,17,18). The number of nitrogens with one attached hydrogen (secondary N) is 1. The molecule has 1 aliphatic carbocycles. The maximum absolute atomic E-state index is 11.5. The van der Waals surface area contributed by atoms with Gasteiger partial charge in [-0.05, 0) is 36.1 Å². The predicted octanol–water partition coefficient (Wildman–Crippen LogP) is 2.45. The highest BCUT2D eigenvalue weighted by Crippen LogP contribution is 2.24. The summed E-state index contributed by atoms with van der Waals surface area (Å²) < 4.78 is 4.72. The average molecular weight is 268 g/mol. The van der Waals surface area contributed by atoms with Crippen LogP contribution in [-0.2, 0) is 17.6 Å². The zero-order chi connectivity index (χ0) is 13.9. The van der Waals surface area contributed by atoms with E-state index >= 15 is 0 Å². The van der Waals surface area contributed by atoms with E-state index in [1.165, 1.54) is 18.2 Å². The highest BCUT2D eigenvalue weighted by molar-refractivity contribution is 5.90. The number of hydrogen-bond donors (Lipinski definition) is 1. The maximum atomic E-state index is 11.5. The van der Waals surface area contributed by atoms with Crippen molar-refractivity contribution in [1.29, 1.82) is 0 Å². The van der Waals surface area contributed by atoms with Crippen molar-refractivity contribution >= 4 is 11.8 Å². The Labute approximate surface area is 117 Å². The molecule has 1 heterocycles. The lowest BCUT2D eigenvalue weighted by molar-refractivity contribution is 0.0600. The van der Waals surface area contributed by atoms with Crippen LogP contribution in [0.1, 0.15) is 21.5 Å². The monoisotopic (exact) mass is 268 g/mol. The van der Waals surface area contributed by atoms with Crippen LogP contribution in [0.5, 0.6) is 0 Å². The molecule has 102 valence electrons. The van der Waals surface area contributed by atoms with Crippen LogP contribution >= 0.6 is 0 Å². The third kappa shape index (κ3) is 2.50. The molecule has 0 saturated heterocycles. The Hall–Kier alpha value is -2.36. The summed E-state index contributed by atoms with van der Waals surface area (Å²) in [6, 6.07) is 12.2. The molecule has 4 nitrogen and oxygen atoms in total. The Morgan fingerprint density at radius 2 is 1.95 bits per heavy atom. The molecule has 0 aliphatic heterocycles. The molecule has 4 heteroatoms. The number of ether oxygens (including phenoxy) is 1. The predicted molar refractivity (Wildman–Crippen MR) is 76.8 cm³/mol. The van der Waals surface area contributed by atoms with Gasteiger partial charge in [-0.15, -0.1) is 0 Å². The van der Waals surface area contributed by atoms with Gasteiger partial charge in [0, 0.05) is 12.2 Å². The topological polar surface area (TPSA) is 51.2 Å². The fourth-order valence-electron chi connectivity index (χ4n) is 2.62. The summed E-state index contributed by atoms with van der Waals surface area (Å²) in [5.74, 6) is 0.371. The van der Waals surface area contributed by atoms with E-state index in [4.69, 9.17) is 4.74 Å². The number of carbonyl (C=O) groups is 1. The summed E-state index contributed by atoms with van der Waals surface area (Å²) in [4.78, 5) is 15.8. The number of fused-ring (bicyclic) bond motifs is 1. The number of rotatable bonds is 3. The van der Waals surface area contributed by atoms with Gasteiger partial charge in [-0.2, -0.15) is 0 Å². The molecule has 0 spiro atoms. The van der Waals surface area contributed by atoms with E-state index in [2.05, 4.69) is 34.6 Å². The lowest BCUT2D eigenvalue weighted by Gasteiger charge is -2.13. The van der Waals surface area contributed by atoms with Crippen molar-refractivity contribution < 1.29 is 9.53 Å². The number of hydrogen-bond acceptors (Lipinski definition) is 4. The lowest BCUT2D eigenvalue weighted by Crippen LogP contribution is -2.20. The molecule has 0 amide bonds. The molecule has 1 aromatic heterocycles. The van der Waals surface area contributed by atoms with E-state index in [0.29, 0.717) is 17.4 Å². The first kappa shape index (κ1) is 12.7. The van der Waals surface area contributed by atoms with E-state index in [9.17, 15) is 4.79 Å². The molecular formula is C16H16N2O2. The van der Waals surface area contributed by atoms with Crippen molar-refractivity contribution in [2.45, 2.75) is 18.9 Å². The number of pyridine rings is 1. The van der Waals surface area contributed by atoms with Gasteiger partial charge in [-0.25, -0.2) is 9.78 Å². The molecule has 0 unspecified atom stereocenters. The summed E-state index contributed by atoms with van der Waals surface area (Å²) in [7, 11) is 1.38. The van der Waals surface area contributed by atoms with E-state index in [0.717, 1.165) is 12.8 Å². The molecule has 1 N–H and O–H groups in total. The minimum absolute atomic E-state index is 0.327. The third-order valence-electron chi connectivity index (χ3n) is 3.58. The summed E-state index contributed by atoms with van der Waals surface area (Å²) in [5, 5.41) is 3.39. The Balaban J connectivity index is 1.72. The molecule has 0 bridgehead atoms. The molecule has 1 aromatic carbocycles. The van der Waals surface area contributed by atoms with Crippen LogP contribution in [0.25, 0.3) is 0 Å². The first-order chi connectivity index (χ1) is 9.76. The summed E-state index contributed by atoms with van der Waals surface area (Å²) >= 11 is 0. The van der Waals surface area contributed by atoms with Crippen LogP contribution in [-0.4, -0.2) is 24.1 Å². The van der Waals surface area contributed by atoms with Crippen molar-refractivity contribution in [3.8, 4) is 0 Å². The Morgan fingerprint density at radius 3 is 2.60 bits per heavy atom. The summed E-state index contributed by atoms with van der Waals surface area (Å²) in [6.45, 7) is 0. The molecule has 1 aliphatic rings. The maximum Gasteiger partial charge on any atom is 0.338 e. The number of benzene rings is 1. The molecule has 0 atom stereocenters. The van der Waals surface area contributed by atoms with Crippen molar-refractivity contribution in [2.24, 2.45) is 0 Å². The second-order valence-electron chi connectivity index (χ2n) is 4.94. The van der Waals surface area contributed by atoms with Crippen LogP contribution in [0, 0.1) is 0 Å². The number of carbonyl (C=O) groups excluding carboxylic acids is 1. The zero-order valence-electron chi connectivity index (χ0n) is 11.3. The molecular weight excluding hydrogens is 252 g/mol. The number of esters is 1. The smallest absolute Gasteiger partial charge is 0.338 e. The van der Waals surface area contributed by atoms with Gasteiger partial charge in [0.25, 0.3) is 0 Å². The van der Waals surface area contributed by atoms with Gasteiger partial charge < -0.3 is 10.1 Å². The third-order valence-corrected chi connectivity index (χ3v) is 3.58. The first-order valence-corrected chi connectivity index (χ1v) is 6.64. The minimum atomic E-state index is -0.342. The average Bonchev–Trinajstić information content (AvgIpc) is 2.88. The molecule has 3 rings (SSSR count). The van der Waals surface area contributed by atoms with Gasteiger partial charge in [0.15, 0.2) is 0 Å². The van der Waals surface area contributed by atoms with Crippen molar-refractivity contribution in [3.05, 3.63) is 59.3 Å². The Morgan fingerprint density at radius 1 is 1.25 bits per heavy atom. The number of nitrogens with zero attached hydrogens (tertiary/aromatic N) is 1.